The van der Waals surface area contributed by atoms with Crippen molar-refractivity contribution in [2.24, 2.45) is 0 Å². The van der Waals surface area contributed by atoms with E-state index in [1.54, 1.807) is 4.90 Å². The lowest BCUT2D eigenvalue weighted by Crippen LogP contribution is -2.38. The summed E-state index contributed by atoms with van der Waals surface area (Å²) in [5.74, 6) is 0.0369. The van der Waals surface area contributed by atoms with E-state index in [1.807, 2.05) is 35.8 Å². The van der Waals surface area contributed by atoms with Crippen molar-refractivity contribution in [2.75, 3.05) is 32.4 Å². The smallest absolute Gasteiger partial charge is 0.242 e. The van der Waals surface area contributed by atoms with Gasteiger partial charge in [0, 0.05) is 37.4 Å². The molecule has 1 saturated heterocycles. The van der Waals surface area contributed by atoms with Crippen molar-refractivity contribution < 1.29 is 13.2 Å². The van der Waals surface area contributed by atoms with Gasteiger partial charge in [-0.2, -0.15) is 0 Å². The highest BCUT2D eigenvalue weighted by Crippen LogP contribution is 2.19. The number of carbonyl (C=O) groups is 1. The third-order valence-corrected chi connectivity index (χ3v) is 5.89. The summed E-state index contributed by atoms with van der Waals surface area (Å²) in [6, 6.07) is 10.1. The summed E-state index contributed by atoms with van der Waals surface area (Å²) in [6.07, 6.45) is 1.89. The zero-order valence-corrected chi connectivity index (χ0v) is 14.9. The van der Waals surface area contributed by atoms with Crippen LogP contribution in [-0.4, -0.2) is 60.5 Å². The molecule has 2 aromatic rings. The molecule has 1 aliphatic heterocycles. The number of amides is 1. The number of aromatic nitrogens is 1. The van der Waals surface area contributed by atoms with E-state index in [1.165, 1.54) is 10.6 Å². The Morgan fingerprint density at radius 3 is 2.62 bits per heavy atom. The number of hydrogen-bond acceptors (Lipinski definition) is 3. The first-order valence-corrected chi connectivity index (χ1v) is 9.99. The minimum Gasteiger partial charge on any atom is -0.340 e. The molecule has 7 heteroatoms. The van der Waals surface area contributed by atoms with Gasteiger partial charge in [0.15, 0.2) is 0 Å². The van der Waals surface area contributed by atoms with Crippen LogP contribution in [0.4, 0.5) is 0 Å². The third kappa shape index (κ3) is 3.47. The maximum absolute atomic E-state index is 12.7. The molecule has 1 aromatic carbocycles. The summed E-state index contributed by atoms with van der Waals surface area (Å²) >= 11 is 0. The Balaban J connectivity index is 1.74. The molecule has 0 atom stereocenters. The number of aryl methyl sites for hydroxylation is 1. The topological polar surface area (TPSA) is 62.6 Å². The van der Waals surface area contributed by atoms with Gasteiger partial charge in [-0.25, -0.2) is 12.7 Å². The second-order valence-electron chi connectivity index (χ2n) is 6.33. The average molecular weight is 349 g/mol. The molecule has 1 aromatic heterocycles. The fraction of sp³-hybridized carbons (Fsp3) is 0.471. The molecule has 0 unspecified atom stereocenters. The highest BCUT2D eigenvalue weighted by molar-refractivity contribution is 7.88. The van der Waals surface area contributed by atoms with Gasteiger partial charge in [-0.3, -0.25) is 4.79 Å². The predicted molar refractivity (Wildman–Crippen MR) is 94.3 cm³/mol. The van der Waals surface area contributed by atoms with Crippen LogP contribution in [0.3, 0.4) is 0 Å². The molecule has 1 aliphatic rings. The van der Waals surface area contributed by atoms with E-state index < -0.39 is 10.0 Å². The Morgan fingerprint density at radius 1 is 1.12 bits per heavy atom. The van der Waals surface area contributed by atoms with E-state index in [4.69, 9.17) is 0 Å². The summed E-state index contributed by atoms with van der Waals surface area (Å²) in [7, 11) is -3.19. The van der Waals surface area contributed by atoms with Crippen LogP contribution in [0.15, 0.2) is 30.3 Å². The monoisotopic (exact) mass is 349 g/mol. The van der Waals surface area contributed by atoms with Crippen molar-refractivity contribution in [2.45, 2.75) is 19.9 Å². The second kappa shape index (κ2) is 6.57. The predicted octanol–water partition coefficient (Wildman–Crippen LogP) is 1.44. The number of nitrogens with zero attached hydrogens (tertiary/aromatic N) is 3. The maximum atomic E-state index is 12.7. The van der Waals surface area contributed by atoms with Crippen molar-refractivity contribution in [1.29, 1.82) is 0 Å². The number of hydrogen-bond donors (Lipinski definition) is 0. The van der Waals surface area contributed by atoms with Crippen LogP contribution in [0, 0.1) is 6.92 Å². The first-order chi connectivity index (χ1) is 11.4. The van der Waals surface area contributed by atoms with Crippen LogP contribution in [-0.2, 0) is 21.4 Å². The van der Waals surface area contributed by atoms with Gasteiger partial charge in [-0.1, -0.05) is 18.2 Å². The largest absolute Gasteiger partial charge is 0.340 e. The Kier molecular flexibility index (Phi) is 4.64. The molecule has 3 rings (SSSR count). The molecule has 0 spiro atoms. The third-order valence-electron chi connectivity index (χ3n) is 4.59. The van der Waals surface area contributed by atoms with Gasteiger partial charge < -0.3 is 9.47 Å². The van der Waals surface area contributed by atoms with Gasteiger partial charge in [0.2, 0.25) is 15.9 Å². The Bertz CT molecular complexity index is 857. The molecule has 0 N–H and O–H groups in total. The highest BCUT2D eigenvalue weighted by atomic mass is 32.2. The van der Waals surface area contributed by atoms with Gasteiger partial charge in [0.25, 0.3) is 0 Å². The summed E-state index contributed by atoms with van der Waals surface area (Å²) in [5.41, 5.74) is 2.10. The highest BCUT2D eigenvalue weighted by Gasteiger charge is 2.24. The number of fused-ring (bicyclic) bond motifs is 1. The minimum atomic E-state index is -3.19. The van der Waals surface area contributed by atoms with Gasteiger partial charge in [-0.15, -0.1) is 0 Å². The minimum absolute atomic E-state index is 0.0369. The van der Waals surface area contributed by atoms with Crippen molar-refractivity contribution >= 4 is 26.8 Å². The van der Waals surface area contributed by atoms with E-state index in [9.17, 15) is 13.2 Å². The van der Waals surface area contributed by atoms with Crippen molar-refractivity contribution in [3.8, 4) is 0 Å². The zero-order valence-electron chi connectivity index (χ0n) is 14.1. The van der Waals surface area contributed by atoms with Gasteiger partial charge in [0.1, 0.15) is 6.54 Å². The van der Waals surface area contributed by atoms with E-state index in [2.05, 4.69) is 6.07 Å². The van der Waals surface area contributed by atoms with E-state index in [0.29, 0.717) is 32.6 Å². The molecule has 2 heterocycles. The molecule has 1 amide bonds. The lowest BCUT2D eigenvalue weighted by atomic mass is 10.2. The number of rotatable bonds is 3. The van der Waals surface area contributed by atoms with Crippen LogP contribution >= 0.6 is 0 Å². The van der Waals surface area contributed by atoms with Crippen molar-refractivity contribution in [3.05, 3.63) is 36.0 Å². The lowest BCUT2D eigenvalue weighted by Gasteiger charge is -2.22. The average Bonchev–Trinajstić information content (AvgIpc) is 2.71. The van der Waals surface area contributed by atoms with Gasteiger partial charge in [-0.05, 0) is 30.9 Å². The van der Waals surface area contributed by atoms with Crippen molar-refractivity contribution in [1.82, 2.24) is 13.8 Å². The SMILES string of the molecule is Cc1cc2ccccc2n1CC(=O)N1CCCN(S(C)(=O)=O)CC1. The Labute approximate surface area is 142 Å². The number of carbonyl (C=O) groups excluding carboxylic acids is 1. The molecule has 0 bridgehead atoms. The zero-order chi connectivity index (χ0) is 17.3. The molecule has 130 valence electrons. The molecule has 0 saturated carbocycles. The molecule has 0 aliphatic carbocycles. The molecule has 1 fully saturated rings. The summed E-state index contributed by atoms with van der Waals surface area (Å²) in [6.45, 7) is 4.19. The normalized spacial score (nSPS) is 17.2. The Hall–Kier alpha value is -1.86. The van der Waals surface area contributed by atoms with Crippen LogP contribution in [0.5, 0.6) is 0 Å². The quantitative estimate of drug-likeness (QED) is 0.842. The van der Waals surface area contributed by atoms with Gasteiger partial charge in [0.05, 0.1) is 6.26 Å². The first-order valence-electron chi connectivity index (χ1n) is 8.14. The summed E-state index contributed by atoms with van der Waals surface area (Å²) < 4.78 is 26.8. The van der Waals surface area contributed by atoms with Crippen LogP contribution in [0.2, 0.25) is 0 Å². The van der Waals surface area contributed by atoms with E-state index in [0.717, 1.165) is 16.6 Å². The number of benzene rings is 1. The Morgan fingerprint density at radius 2 is 1.88 bits per heavy atom. The molecular formula is C17H23N3O3S. The summed E-state index contributed by atoms with van der Waals surface area (Å²) in [5, 5.41) is 1.13. The number of sulfonamides is 1. The standard InChI is InChI=1S/C17H23N3O3S/c1-14-12-15-6-3-4-7-16(15)20(14)13-17(21)18-8-5-9-19(11-10-18)24(2,22)23/h3-4,6-7,12H,5,8-11,13H2,1-2H3. The number of para-hydroxylation sites is 1. The fourth-order valence-electron chi connectivity index (χ4n) is 3.27. The van der Waals surface area contributed by atoms with E-state index in [-0.39, 0.29) is 12.5 Å². The molecule has 0 radical (unpaired) electrons. The second-order valence-corrected chi connectivity index (χ2v) is 8.31. The molecule has 24 heavy (non-hydrogen) atoms. The fourth-order valence-corrected chi connectivity index (χ4v) is 4.14. The van der Waals surface area contributed by atoms with Gasteiger partial charge >= 0.3 is 0 Å². The first kappa shape index (κ1) is 17.0. The van der Waals surface area contributed by atoms with Crippen molar-refractivity contribution in [3.63, 3.8) is 0 Å². The maximum Gasteiger partial charge on any atom is 0.242 e. The van der Waals surface area contributed by atoms with E-state index >= 15 is 0 Å². The summed E-state index contributed by atoms with van der Waals surface area (Å²) in [4.78, 5) is 14.5. The molecular weight excluding hydrogens is 326 g/mol. The molecule has 6 nitrogen and oxygen atoms in total. The van der Waals surface area contributed by atoms with Crippen LogP contribution in [0.25, 0.3) is 10.9 Å². The van der Waals surface area contributed by atoms with Crippen LogP contribution < -0.4 is 0 Å². The lowest BCUT2D eigenvalue weighted by molar-refractivity contribution is -0.131. The van der Waals surface area contributed by atoms with Crippen LogP contribution in [0.1, 0.15) is 12.1 Å².